The Hall–Kier alpha value is -5.06. The summed E-state index contributed by atoms with van der Waals surface area (Å²) in [4.78, 5) is 43.0. The van der Waals surface area contributed by atoms with Gasteiger partial charge in [0.1, 0.15) is 5.82 Å². The first-order valence-electron chi connectivity index (χ1n) is 13.9. The van der Waals surface area contributed by atoms with Crippen molar-refractivity contribution in [2.45, 2.75) is 32.4 Å². The van der Waals surface area contributed by atoms with Crippen molar-refractivity contribution in [1.82, 2.24) is 20.2 Å². The number of aryl methyl sites for hydroxylation is 2. The molecule has 0 aliphatic heterocycles. The van der Waals surface area contributed by atoms with Crippen LogP contribution in [0.2, 0.25) is 0 Å². The molecule has 0 saturated heterocycles. The zero-order valence-electron chi connectivity index (χ0n) is 24.9. The van der Waals surface area contributed by atoms with Gasteiger partial charge in [-0.1, -0.05) is 18.2 Å². The van der Waals surface area contributed by atoms with E-state index >= 15 is 0 Å². The van der Waals surface area contributed by atoms with Gasteiger partial charge < -0.3 is 34.7 Å². The van der Waals surface area contributed by atoms with E-state index in [1.54, 1.807) is 20.3 Å². The molecule has 4 aromatic rings. The lowest BCUT2D eigenvalue weighted by Gasteiger charge is -2.19. The molecule has 0 saturated carbocycles. The van der Waals surface area contributed by atoms with Crippen molar-refractivity contribution in [3.8, 4) is 28.4 Å². The third-order valence-corrected chi connectivity index (χ3v) is 7.68. The van der Waals surface area contributed by atoms with E-state index in [1.807, 2.05) is 48.0 Å². The average Bonchev–Trinajstić information content (AvgIpc) is 3.13. The van der Waals surface area contributed by atoms with Crippen molar-refractivity contribution in [2.24, 2.45) is 7.05 Å². The molecule has 1 aliphatic rings. The highest BCUT2D eigenvalue weighted by Crippen LogP contribution is 2.50. The second-order valence-corrected chi connectivity index (χ2v) is 10.3. The highest BCUT2D eigenvalue weighted by Gasteiger charge is 2.29. The Labute approximate surface area is 249 Å². The molecule has 0 unspecified atom stereocenters. The smallest absolute Gasteiger partial charge is 0.239 e. The number of anilines is 1. The van der Waals surface area contributed by atoms with Gasteiger partial charge in [-0.05, 0) is 59.9 Å². The average molecular weight is 586 g/mol. The van der Waals surface area contributed by atoms with Crippen LogP contribution in [0.4, 0.5) is 5.69 Å². The molecular formula is C32H35N5O6. The van der Waals surface area contributed by atoms with Crippen LogP contribution >= 0.6 is 0 Å². The van der Waals surface area contributed by atoms with E-state index in [4.69, 9.17) is 14.2 Å². The van der Waals surface area contributed by atoms with Crippen molar-refractivity contribution in [3.05, 3.63) is 75.7 Å². The van der Waals surface area contributed by atoms with E-state index in [1.165, 1.54) is 20.1 Å². The monoisotopic (exact) mass is 585 g/mol. The number of imidazole rings is 1. The van der Waals surface area contributed by atoms with E-state index in [0.29, 0.717) is 41.2 Å². The predicted octanol–water partition coefficient (Wildman–Crippen LogP) is 3.48. The number of fused-ring (bicyclic) bond motifs is 4. The number of methoxy groups -OCH3 is 3. The van der Waals surface area contributed by atoms with Crippen molar-refractivity contribution in [3.63, 3.8) is 0 Å². The van der Waals surface area contributed by atoms with Gasteiger partial charge in [-0.2, -0.15) is 0 Å². The van der Waals surface area contributed by atoms with Gasteiger partial charge in [-0.3, -0.25) is 14.4 Å². The van der Waals surface area contributed by atoms with E-state index in [2.05, 4.69) is 20.9 Å². The molecule has 1 atom stereocenters. The molecule has 11 heteroatoms. The molecule has 3 N–H and O–H groups in total. The zero-order chi connectivity index (χ0) is 30.7. The SMILES string of the molecule is COc1cc2c(c(OC)c1OC)-c1ccc(NCC(=O)NCc3nc4ccccc4n3C)c(=O)cc1[C@@H](NC(C)=O)CC2. The number of benzene rings is 2. The fraction of sp³-hybridized carbons (Fsp3) is 0.312. The summed E-state index contributed by atoms with van der Waals surface area (Å²) in [5, 5.41) is 8.84. The summed E-state index contributed by atoms with van der Waals surface area (Å²) in [5.74, 6) is 1.64. The molecular weight excluding hydrogens is 550 g/mol. The molecule has 0 spiro atoms. The van der Waals surface area contributed by atoms with Gasteiger partial charge in [-0.25, -0.2) is 4.98 Å². The van der Waals surface area contributed by atoms with Gasteiger partial charge >= 0.3 is 0 Å². The number of para-hydroxylation sites is 2. The van der Waals surface area contributed by atoms with Crippen LogP contribution in [-0.4, -0.2) is 49.2 Å². The molecule has 11 nitrogen and oxygen atoms in total. The maximum absolute atomic E-state index is 13.5. The molecule has 43 heavy (non-hydrogen) atoms. The highest BCUT2D eigenvalue weighted by atomic mass is 16.5. The van der Waals surface area contributed by atoms with Crippen molar-refractivity contribution in [2.75, 3.05) is 33.2 Å². The minimum atomic E-state index is -0.425. The molecule has 224 valence electrons. The summed E-state index contributed by atoms with van der Waals surface area (Å²) in [5.41, 5.74) is 4.79. The van der Waals surface area contributed by atoms with E-state index < -0.39 is 6.04 Å². The Morgan fingerprint density at radius 2 is 1.79 bits per heavy atom. The number of nitrogens with one attached hydrogen (secondary N) is 3. The second-order valence-electron chi connectivity index (χ2n) is 10.3. The van der Waals surface area contributed by atoms with Gasteiger partial charge in [0, 0.05) is 19.5 Å². The lowest BCUT2D eigenvalue weighted by molar-refractivity contribution is -0.120. The van der Waals surface area contributed by atoms with Crippen LogP contribution in [0.15, 0.2) is 53.3 Å². The topological polar surface area (TPSA) is 133 Å². The minimum Gasteiger partial charge on any atom is -0.493 e. The molecule has 1 heterocycles. The number of rotatable bonds is 9. The number of hydrogen-bond acceptors (Lipinski definition) is 8. The fourth-order valence-corrected chi connectivity index (χ4v) is 5.62. The Bertz CT molecular complexity index is 1770. The molecule has 1 aromatic heterocycles. The molecule has 2 amide bonds. The molecule has 5 rings (SSSR count). The summed E-state index contributed by atoms with van der Waals surface area (Å²) in [6, 6.07) is 14.2. The maximum Gasteiger partial charge on any atom is 0.239 e. The van der Waals surface area contributed by atoms with Crippen molar-refractivity contribution in [1.29, 1.82) is 0 Å². The summed E-state index contributed by atoms with van der Waals surface area (Å²) in [6.45, 7) is 1.57. The summed E-state index contributed by atoms with van der Waals surface area (Å²) < 4.78 is 19.0. The van der Waals surface area contributed by atoms with Crippen LogP contribution in [0, 0.1) is 0 Å². The Morgan fingerprint density at radius 1 is 1.02 bits per heavy atom. The number of ether oxygens (including phenoxy) is 3. The largest absolute Gasteiger partial charge is 0.493 e. The fourth-order valence-electron chi connectivity index (χ4n) is 5.62. The number of aromatic nitrogens is 2. The van der Waals surface area contributed by atoms with Crippen molar-refractivity contribution < 1.29 is 23.8 Å². The number of amides is 2. The van der Waals surface area contributed by atoms with Crippen LogP contribution in [0.1, 0.15) is 36.3 Å². The third kappa shape index (κ3) is 5.83. The number of hydrogen-bond donors (Lipinski definition) is 3. The Kier molecular flexibility index (Phi) is 8.51. The van der Waals surface area contributed by atoms with Crippen LogP contribution < -0.4 is 35.6 Å². The second kappa shape index (κ2) is 12.4. The molecule has 0 fully saturated rings. The summed E-state index contributed by atoms with van der Waals surface area (Å²) in [7, 11) is 6.55. The van der Waals surface area contributed by atoms with Crippen LogP contribution in [0.3, 0.4) is 0 Å². The van der Waals surface area contributed by atoms with Crippen LogP contribution in [0.25, 0.3) is 22.2 Å². The Balaban J connectivity index is 1.46. The Morgan fingerprint density at radius 3 is 2.49 bits per heavy atom. The first kappa shape index (κ1) is 29.4. The lowest BCUT2D eigenvalue weighted by Crippen LogP contribution is -2.31. The standard InChI is InChI=1S/C32H35N5O6/c1-18(38)35-22-12-10-19-14-27(41-3)31(42-4)32(43-5)30(19)20-11-13-24(26(39)15-21(20)22)33-17-29(40)34-16-28-36-23-8-6-7-9-25(23)37(28)2/h6-9,11,13-15,22H,10,12,16-17H2,1-5H3,(H,33,39)(H,34,40)(H,35,38)/t22-/m0/s1. The first-order valence-corrected chi connectivity index (χ1v) is 13.9. The molecule has 0 radical (unpaired) electrons. The van der Waals surface area contributed by atoms with Gasteiger partial charge in [0.15, 0.2) is 11.5 Å². The van der Waals surface area contributed by atoms with Gasteiger partial charge in [0.25, 0.3) is 0 Å². The summed E-state index contributed by atoms with van der Waals surface area (Å²) >= 11 is 0. The first-order chi connectivity index (χ1) is 20.7. The van der Waals surface area contributed by atoms with Gasteiger partial charge in [0.2, 0.25) is 23.0 Å². The van der Waals surface area contributed by atoms with Gasteiger partial charge in [-0.15, -0.1) is 0 Å². The van der Waals surface area contributed by atoms with E-state index in [9.17, 15) is 14.4 Å². The third-order valence-electron chi connectivity index (χ3n) is 7.68. The molecule has 1 aliphatic carbocycles. The lowest BCUT2D eigenvalue weighted by atomic mass is 9.95. The van der Waals surface area contributed by atoms with E-state index in [0.717, 1.165) is 28.0 Å². The highest BCUT2D eigenvalue weighted by molar-refractivity contribution is 5.84. The van der Waals surface area contributed by atoms with Crippen LogP contribution in [-0.2, 0) is 29.6 Å². The number of carbonyl (C=O) groups excluding carboxylic acids is 2. The van der Waals surface area contributed by atoms with Gasteiger partial charge in [0.05, 0.1) is 57.2 Å². The quantitative estimate of drug-likeness (QED) is 0.272. The molecule has 0 bridgehead atoms. The molecule has 3 aromatic carbocycles. The summed E-state index contributed by atoms with van der Waals surface area (Å²) in [6.07, 6.45) is 1.15. The maximum atomic E-state index is 13.5. The van der Waals surface area contributed by atoms with Crippen LogP contribution in [0.5, 0.6) is 17.2 Å². The van der Waals surface area contributed by atoms with E-state index in [-0.39, 0.29) is 36.0 Å². The number of nitrogens with zero attached hydrogens (tertiary/aromatic N) is 2. The number of carbonyl (C=O) groups is 2. The predicted molar refractivity (Wildman–Crippen MR) is 164 cm³/mol. The van der Waals surface area contributed by atoms with Crippen molar-refractivity contribution >= 4 is 28.5 Å². The normalized spacial score (nSPS) is 13.7. The minimum absolute atomic E-state index is 0.117. The zero-order valence-corrected chi connectivity index (χ0v) is 24.9.